The minimum atomic E-state index is -1.30. The zero-order chi connectivity index (χ0) is 26.7. The first-order valence-corrected chi connectivity index (χ1v) is 11.8. The molecule has 0 aromatic heterocycles. The molecule has 1 aliphatic heterocycles. The van der Waals surface area contributed by atoms with Crippen molar-refractivity contribution in [2.45, 2.75) is 31.8 Å². The van der Waals surface area contributed by atoms with Crippen LogP contribution in [0.2, 0.25) is 0 Å². The molecule has 0 spiro atoms. The normalized spacial score (nSPS) is 16.8. The quantitative estimate of drug-likeness (QED) is 0.438. The summed E-state index contributed by atoms with van der Waals surface area (Å²) in [6.45, 7) is 3.22. The van der Waals surface area contributed by atoms with E-state index < -0.39 is 53.9 Å². The van der Waals surface area contributed by atoms with Gasteiger partial charge in [-0.1, -0.05) is 50.2 Å². The number of carbonyl (C=O) groups excluding carboxylic acids is 2. The van der Waals surface area contributed by atoms with Gasteiger partial charge >= 0.3 is 0 Å². The molecule has 0 fully saturated rings. The van der Waals surface area contributed by atoms with Gasteiger partial charge < -0.3 is 15.7 Å². The fourth-order valence-electron chi connectivity index (χ4n) is 4.45. The SMILES string of the molecule is CC(C)C1=NC(NC(=O)[C@H](c2ccc(F)cc2)[C@@H](CO)c2ccc(F)c(F)c2)C(=O)Nc2ccccc21. The Balaban J connectivity index is 1.73. The van der Waals surface area contributed by atoms with Crippen molar-refractivity contribution in [1.29, 1.82) is 0 Å². The molecule has 0 saturated heterocycles. The molecule has 0 bridgehead atoms. The Bertz CT molecular complexity index is 1340. The van der Waals surface area contributed by atoms with Crippen LogP contribution in [0, 0.1) is 23.4 Å². The number of nitrogens with zero attached hydrogens (tertiary/aromatic N) is 1. The number of para-hydroxylation sites is 1. The van der Waals surface area contributed by atoms with E-state index in [0.29, 0.717) is 17.0 Å². The lowest BCUT2D eigenvalue weighted by Gasteiger charge is -2.27. The number of amides is 2. The van der Waals surface area contributed by atoms with Crippen LogP contribution in [0.4, 0.5) is 18.9 Å². The smallest absolute Gasteiger partial charge is 0.269 e. The van der Waals surface area contributed by atoms with Crippen molar-refractivity contribution in [3.05, 3.63) is 101 Å². The molecular formula is C28H26F3N3O3. The van der Waals surface area contributed by atoms with Gasteiger partial charge in [-0.25, -0.2) is 13.2 Å². The summed E-state index contributed by atoms with van der Waals surface area (Å²) < 4.78 is 41.3. The highest BCUT2D eigenvalue weighted by Crippen LogP contribution is 2.34. The zero-order valence-corrected chi connectivity index (χ0v) is 20.2. The van der Waals surface area contributed by atoms with Gasteiger partial charge in [0.05, 0.1) is 12.5 Å². The van der Waals surface area contributed by atoms with Crippen LogP contribution in [0.1, 0.15) is 42.4 Å². The molecule has 6 nitrogen and oxygen atoms in total. The third kappa shape index (κ3) is 5.56. The minimum absolute atomic E-state index is 0.0754. The number of aliphatic imine (C=N–C) groups is 1. The van der Waals surface area contributed by atoms with Crippen LogP contribution in [0.3, 0.4) is 0 Å². The number of halogens is 3. The summed E-state index contributed by atoms with van der Waals surface area (Å²) in [5.41, 5.74) is 2.37. The summed E-state index contributed by atoms with van der Waals surface area (Å²) in [5, 5.41) is 15.7. The van der Waals surface area contributed by atoms with Crippen LogP contribution >= 0.6 is 0 Å². The highest BCUT2D eigenvalue weighted by molar-refractivity contribution is 6.13. The van der Waals surface area contributed by atoms with E-state index in [-0.39, 0.29) is 11.5 Å². The molecule has 1 heterocycles. The van der Waals surface area contributed by atoms with E-state index in [1.165, 1.54) is 18.2 Å². The number of benzene rings is 3. The summed E-state index contributed by atoms with van der Waals surface area (Å²) in [7, 11) is 0. The molecule has 1 aliphatic rings. The highest BCUT2D eigenvalue weighted by atomic mass is 19.2. The average Bonchev–Trinajstić information content (AvgIpc) is 3.01. The lowest BCUT2D eigenvalue weighted by Crippen LogP contribution is -2.45. The third-order valence-corrected chi connectivity index (χ3v) is 6.29. The molecule has 192 valence electrons. The lowest BCUT2D eigenvalue weighted by molar-refractivity contribution is -0.128. The van der Waals surface area contributed by atoms with Gasteiger partial charge in [0.2, 0.25) is 12.1 Å². The first-order chi connectivity index (χ1) is 17.7. The molecule has 3 aromatic rings. The van der Waals surface area contributed by atoms with Crippen LogP contribution < -0.4 is 10.6 Å². The molecule has 2 amide bonds. The lowest BCUT2D eigenvalue weighted by atomic mass is 9.81. The Morgan fingerprint density at radius 1 is 1.00 bits per heavy atom. The maximum atomic E-state index is 14.0. The fraction of sp³-hybridized carbons (Fsp3) is 0.250. The summed E-state index contributed by atoms with van der Waals surface area (Å²) in [4.78, 5) is 31.3. The first kappa shape index (κ1) is 26.1. The molecule has 37 heavy (non-hydrogen) atoms. The molecule has 4 rings (SSSR count). The number of anilines is 1. The Morgan fingerprint density at radius 3 is 2.32 bits per heavy atom. The van der Waals surface area contributed by atoms with Gasteiger partial charge in [0.15, 0.2) is 11.6 Å². The maximum absolute atomic E-state index is 14.0. The van der Waals surface area contributed by atoms with Crippen LogP contribution in [0.15, 0.2) is 71.7 Å². The number of benzodiazepines with no additional fused rings is 1. The van der Waals surface area contributed by atoms with Crippen molar-refractivity contribution >= 4 is 23.2 Å². The average molecular weight is 510 g/mol. The number of carbonyl (C=O) groups is 2. The van der Waals surface area contributed by atoms with Gasteiger partial charge in [-0.2, -0.15) is 0 Å². The molecule has 0 radical (unpaired) electrons. The predicted molar refractivity (Wildman–Crippen MR) is 134 cm³/mol. The molecule has 9 heteroatoms. The van der Waals surface area contributed by atoms with Crippen molar-refractivity contribution in [1.82, 2.24) is 5.32 Å². The maximum Gasteiger partial charge on any atom is 0.269 e. The van der Waals surface area contributed by atoms with Crippen molar-refractivity contribution in [3.63, 3.8) is 0 Å². The fourth-order valence-corrected chi connectivity index (χ4v) is 4.45. The molecule has 1 unspecified atom stereocenters. The van der Waals surface area contributed by atoms with E-state index >= 15 is 0 Å². The molecule has 3 N–H and O–H groups in total. The van der Waals surface area contributed by atoms with Crippen LogP contribution in [-0.2, 0) is 9.59 Å². The van der Waals surface area contributed by atoms with Gasteiger partial charge in [0.1, 0.15) is 5.82 Å². The first-order valence-electron chi connectivity index (χ1n) is 11.8. The third-order valence-electron chi connectivity index (χ3n) is 6.29. The largest absolute Gasteiger partial charge is 0.396 e. The summed E-state index contributed by atoms with van der Waals surface area (Å²) >= 11 is 0. The number of nitrogens with one attached hydrogen (secondary N) is 2. The van der Waals surface area contributed by atoms with E-state index in [1.54, 1.807) is 12.1 Å². The van der Waals surface area contributed by atoms with Crippen molar-refractivity contribution in [3.8, 4) is 0 Å². The summed E-state index contributed by atoms with van der Waals surface area (Å²) in [6, 6.07) is 15.3. The molecular weight excluding hydrogens is 483 g/mol. The van der Waals surface area contributed by atoms with Gasteiger partial charge in [0.25, 0.3) is 5.91 Å². The van der Waals surface area contributed by atoms with Crippen LogP contribution in [0.5, 0.6) is 0 Å². The van der Waals surface area contributed by atoms with E-state index in [2.05, 4.69) is 15.6 Å². The number of hydrogen-bond acceptors (Lipinski definition) is 4. The number of hydrogen-bond donors (Lipinski definition) is 3. The molecule has 0 saturated carbocycles. The van der Waals surface area contributed by atoms with E-state index in [1.807, 2.05) is 26.0 Å². The Hall–Kier alpha value is -3.98. The van der Waals surface area contributed by atoms with E-state index in [4.69, 9.17) is 0 Å². The van der Waals surface area contributed by atoms with Crippen LogP contribution in [0.25, 0.3) is 0 Å². The second kappa shape index (κ2) is 11.0. The van der Waals surface area contributed by atoms with Gasteiger partial charge in [-0.15, -0.1) is 0 Å². The Labute approximate surface area is 212 Å². The topological polar surface area (TPSA) is 90.8 Å². The molecule has 3 atom stereocenters. The standard InChI is InChI=1S/C28H26F3N3O3/c1-15(2)25-19-5-3-4-6-23(19)32-28(37)26(33-25)34-27(36)24(16-7-10-18(29)11-8-16)20(14-35)17-9-12-21(30)22(31)13-17/h3-13,15,20,24,26,35H,14H2,1-2H3,(H,32,37)(H,34,36)/t20-,24+,26?/m0/s1. The number of fused-ring (bicyclic) bond motifs is 1. The molecule has 0 aliphatic carbocycles. The monoisotopic (exact) mass is 509 g/mol. The Morgan fingerprint density at radius 2 is 1.68 bits per heavy atom. The predicted octanol–water partition coefficient (Wildman–Crippen LogP) is 4.50. The second-order valence-electron chi connectivity index (χ2n) is 9.11. The van der Waals surface area contributed by atoms with Gasteiger partial charge in [-0.3, -0.25) is 14.6 Å². The van der Waals surface area contributed by atoms with E-state index in [0.717, 1.165) is 29.8 Å². The number of aliphatic hydroxyl groups is 1. The minimum Gasteiger partial charge on any atom is -0.396 e. The number of rotatable bonds is 7. The Kier molecular flexibility index (Phi) is 7.73. The van der Waals surface area contributed by atoms with Crippen molar-refractivity contribution < 1.29 is 27.9 Å². The summed E-state index contributed by atoms with van der Waals surface area (Å²) in [5.74, 6) is -6.30. The van der Waals surface area contributed by atoms with Crippen molar-refractivity contribution in [2.75, 3.05) is 11.9 Å². The highest BCUT2D eigenvalue weighted by Gasteiger charge is 2.35. The second-order valence-corrected chi connectivity index (χ2v) is 9.11. The summed E-state index contributed by atoms with van der Waals surface area (Å²) in [6.07, 6.45) is -1.30. The van der Waals surface area contributed by atoms with E-state index in [9.17, 15) is 27.9 Å². The van der Waals surface area contributed by atoms with Gasteiger partial charge in [-0.05, 0) is 47.4 Å². The number of aliphatic hydroxyl groups excluding tert-OH is 1. The zero-order valence-electron chi connectivity index (χ0n) is 20.2. The molecule has 3 aromatic carbocycles. The van der Waals surface area contributed by atoms with Crippen LogP contribution in [-0.4, -0.2) is 35.4 Å². The van der Waals surface area contributed by atoms with Crippen molar-refractivity contribution in [2.24, 2.45) is 10.9 Å². The van der Waals surface area contributed by atoms with Gasteiger partial charge in [0, 0.05) is 22.9 Å².